The third kappa shape index (κ3) is 3.91. The molecule has 8 heteroatoms. The van der Waals surface area contributed by atoms with Gasteiger partial charge in [-0.05, 0) is 55.5 Å². The van der Waals surface area contributed by atoms with Crippen LogP contribution in [0.2, 0.25) is 0 Å². The first-order valence-electron chi connectivity index (χ1n) is 8.85. The van der Waals surface area contributed by atoms with Crippen molar-refractivity contribution in [3.63, 3.8) is 0 Å². The third-order valence-electron chi connectivity index (χ3n) is 4.40. The van der Waals surface area contributed by atoms with E-state index < -0.39 is 0 Å². The molecule has 4 rings (SSSR count). The molecule has 27 heavy (non-hydrogen) atoms. The maximum Gasteiger partial charge on any atom is 0.237 e. The summed E-state index contributed by atoms with van der Waals surface area (Å²) in [7, 11) is 0. The van der Waals surface area contributed by atoms with Gasteiger partial charge >= 0.3 is 0 Å². The van der Waals surface area contributed by atoms with E-state index in [1.54, 1.807) is 28.4 Å². The van der Waals surface area contributed by atoms with Gasteiger partial charge in [0.15, 0.2) is 11.0 Å². The van der Waals surface area contributed by atoms with Crippen molar-refractivity contribution in [1.29, 1.82) is 0 Å². The second-order valence-electron chi connectivity index (χ2n) is 6.29. The van der Waals surface area contributed by atoms with E-state index in [1.807, 2.05) is 24.4 Å². The molecule has 2 heterocycles. The van der Waals surface area contributed by atoms with Crippen molar-refractivity contribution >= 4 is 34.7 Å². The Morgan fingerprint density at radius 2 is 2.07 bits per heavy atom. The Labute approximate surface area is 165 Å². The topological polar surface area (TPSA) is 51.0 Å². The van der Waals surface area contributed by atoms with Crippen LogP contribution in [0.3, 0.4) is 0 Å². The maximum atomic E-state index is 13.1. The Hall–Kier alpha value is -2.19. The van der Waals surface area contributed by atoms with Crippen molar-refractivity contribution < 1.29 is 9.18 Å². The Morgan fingerprint density at radius 3 is 2.70 bits per heavy atom. The predicted molar refractivity (Wildman–Crippen MR) is 107 cm³/mol. The second-order valence-corrected chi connectivity index (χ2v) is 8.18. The second kappa shape index (κ2) is 7.82. The molecule has 0 N–H and O–H groups in total. The van der Waals surface area contributed by atoms with Gasteiger partial charge in [0.25, 0.3) is 0 Å². The minimum absolute atomic E-state index is 0.0304. The number of carbonyl (C=O) groups is 1. The summed E-state index contributed by atoms with van der Waals surface area (Å²) in [5, 5.41) is 11.5. The molecule has 5 nitrogen and oxygen atoms in total. The monoisotopic (exact) mass is 402 g/mol. The van der Waals surface area contributed by atoms with Crippen LogP contribution >= 0.6 is 23.1 Å². The van der Waals surface area contributed by atoms with Crippen LogP contribution < -0.4 is 4.90 Å². The van der Waals surface area contributed by atoms with Gasteiger partial charge in [-0.3, -0.25) is 9.36 Å². The summed E-state index contributed by atoms with van der Waals surface area (Å²) in [4.78, 5) is 15.5. The van der Waals surface area contributed by atoms with Crippen LogP contribution in [0.4, 0.5) is 10.1 Å². The number of amides is 1. The smallest absolute Gasteiger partial charge is 0.237 e. The third-order valence-corrected chi connectivity index (χ3v) is 6.19. The molecular weight excluding hydrogens is 383 g/mol. The number of hydrogen-bond acceptors (Lipinski definition) is 5. The van der Waals surface area contributed by atoms with Crippen molar-refractivity contribution in [3.8, 4) is 10.7 Å². The van der Waals surface area contributed by atoms with Crippen molar-refractivity contribution in [2.45, 2.75) is 31.0 Å². The summed E-state index contributed by atoms with van der Waals surface area (Å²) in [6, 6.07) is 10.5. The molecule has 0 radical (unpaired) electrons. The highest BCUT2D eigenvalue weighted by molar-refractivity contribution is 7.99. The summed E-state index contributed by atoms with van der Waals surface area (Å²) in [6.07, 6.45) is 2.24. The van der Waals surface area contributed by atoms with Crippen molar-refractivity contribution in [2.75, 3.05) is 17.2 Å². The SMILES string of the molecule is CCN(C(=O)CSc1nnc(-c2cccs2)n1C1CC1)c1ccc(F)cc1. The zero-order valence-corrected chi connectivity index (χ0v) is 16.5. The summed E-state index contributed by atoms with van der Waals surface area (Å²) in [5.74, 6) is 0.807. The summed E-state index contributed by atoms with van der Waals surface area (Å²) in [5.41, 5.74) is 0.701. The first-order valence-corrected chi connectivity index (χ1v) is 10.7. The number of rotatable bonds is 7. The quantitative estimate of drug-likeness (QED) is 0.541. The minimum Gasteiger partial charge on any atom is -0.312 e. The average Bonchev–Trinajstić information content (AvgIpc) is 3.19. The lowest BCUT2D eigenvalue weighted by molar-refractivity contribution is -0.116. The highest BCUT2D eigenvalue weighted by Gasteiger charge is 2.30. The molecule has 0 bridgehead atoms. The number of aromatic nitrogens is 3. The molecule has 2 aromatic heterocycles. The van der Waals surface area contributed by atoms with Gasteiger partial charge in [-0.15, -0.1) is 21.5 Å². The van der Waals surface area contributed by atoms with Gasteiger partial charge in [-0.25, -0.2) is 4.39 Å². The van der Waals surface area contributed by atoms with Gasteiger partial charge in [0.1, 0.15) is 5.82 Å². The first kappa shape index (κ1) is 18.2. The van der Waals surface area contributed by atoms with Gasteiger partial charge in [-0.1, -0.05) is 17.8 Å². The molecule has 1 aliphatic carbocycles. The van der Waals surface area contributed by atoms with Crippen molar-refractivity contribution in [2.24, 2.45) is 0 Å². The fourth-order valence-electron chi connectivity index (χ4n) is 2.94. The molecular formula is C19H19FN4OS2. The highest BCUT2D eigenvalue weighted by atomic mass is 32.2. The van der Waals surface area contributed by atoms with Crippen LogP contribution in [0.15, 0.2) is 46.9 Å². The van der Waals surface area contributed by atoms with Gasteiger partial charge in [0.2, 0.25) is 5.91 Å². The average molecular weight is 403 g/mol. The van der Waals surface area contributed by atoms with E-state index in [-0.39, 0.29) is 17.5 Å². The van der Waals surface area contributed by atoms with Crippen LogP contribution in [0.1, 0.15) is 25.8 Å². The van der Waals surface area contributed by atoms with Gasteiger partial charge in [-0.2, -0.15) is 0 Å². The number of halogens is 1. The Bertz CT molecular complexity index is 920. The predicted octanol–water partition coefficient (Wildman–Crippen LogP) is 4.63. The lowest BCUT2D eigenvalue weighted by Gasteiger charge is -2.20. The van der Waals surface area contributed by atoms with Crippen LogP contribution in [0, 0.1) is 5.82 Å². The number of carbonyl (C=O) groups excluding carboxylic acids is 1. The summed E-state index contributed by atoms with van der Waals surface area (Å²) in [6.45, 7) is 2.44. The molecule has 0 atom stereocenters. The van der Waals surface area contributed by atoms with Crippen LogP contribution in [0.25, 0.3) is 10.7 Å². The number of thioether (sulfide) groups is 1. The number of benzene rings is 1. The van der Waals surface area contributed by atoms with Gasteiger partial charge in [0.05, 0.1) is 10.6 Å². The highest BCUT2D eigenvalue weighted by Crippen LogP contribution is 2.41. The first-order chi connectivity index (χ1) is 13.2. The zero-order chi connectivity index (χ0) is 18.8. The zero-order valence-electron chi connectivity index (χ0n) is 14.8. The number of hydrogen-bond donors (Lipinski definition) is 0. The van der Waals surface area contributed by atoms with Gasteiger partial charge < -0.3 is 4.90 Å². The molecule has 1 aromatic carbocycles. The molecule has 1 aliphatic rings. The summed E-state index contributed by atoms with van der Waals surface area (Å²) >= 11 is 3.05. The Kier molecular flexibility index (Phi) is 5.27. The molecule has 0 aliphatic heterocycles. The number of nitrogens with zero attached hydrogens (tertiary/aromatic N) is 4. The largest absolute Gasteiger partial charge is 0.312 e. The molecule has 0 saturated heterocycles. The van der Waals surface area contributed by atoms with E-state index in [9.17, 15) is 9.18 Å². The van der Waals surface area contributed by atoms with Crippen LogP contribution in [0.5, 0.6) is 0 Å². The van der Waals surface area contributed by atoms with E-state index >= 15 is 0 Å². The summed E-state index contributed by atoms with van der Waals surface area (Å²) < 4.78 is 15.3. The molecule has 1 amide bonds. The number of anilines is 1. The van der Waals surface area contributed by atoms with E-state index in [2.05, 4.69) is 14.8 Å². The van der Waals surface area contributed by atoms with Gasteiger partial charge in [0, 0.05) is 18.3 Å². The molecule has 0 unspecified atom stereocenters. The van der Waals surface area contributed by atoms with Crippen LogP contribution in [-0.2, 0) is 4.79 Å². The fourth-order valence-corrected chi connectivity index (χ4v) is 4.53. The Morgan fingerprint density at radius 1 is 1.30 bits per heavy atom. The van der Waals surface area contributed by atoms with Crippen LogP contribution in [-0.4, -0.2) is 33.0 Å². The van der Waals surface area contributed by atoms with Crippen molar-refractivity contribution in [1.82, 2.24) is 14.8 Å². The maximum absolute atomic E-state index is 13.1. The van der Waals surface area contributed by atoms with Crippen molar-refractivity contribution in [3.05, 3.63) is 47.6 Å². The van der Waals surface area contributed by atoms with E-state index in [0.717, 1.165) is 28.7 Å². The van der Waals surface area contributed by atoms with E-state index in [4.69, 9.17) is 0 Å². The number of thiophene rings is 1. The molecule has 140 valence electrons. The molecule has 3 aromatic rings. The molecule has 1 saturated carbocycles. The lowest BCUT2D eigenvalue weighted by Crippen LogP contribution is -2.32. The van der Waals surface area contributed by atoms with E-state index in [1.165, 1.54) is 23.9 Å². The van der Waals surface area contributed by atoms with E-state index in [0.29, 0.717) is 18.3 Å². The minimum atomic E-state index is -0.310. The Balaban J connectivity index is 1.50. The normalized spacial score (nSPS) is 13.7. The molecule has 0 spiro atoms. The molecule has 1 fully saturated rings. The fraction of sp³-hybridized carbons (Fsp3) is 0.316. The standard InChI is InChI=1S/C19H19FN4OS2/c1-2-23(14-7-5-13(20)6-8-14)17(25)12-27-19-22-21-18(16-4-3-11-26-16)24(19)15-9-10-15/h3-8,11,15H,2,9-10,12H2,1H3. The lowest BCUT2D eigenvalue weighted by atomic mass is 10.3.